The van der Waals surface area contributed by atoms with Gasteiger partial charge in [-0.3, -0.25) is 0 Å². The number of halogens is 1. The summed E-state index contributed by atoms with van der Waals surface area (Å²) in [5.41, 5.74) is 0.958. The summed E-state index contributed by atoms with van der Waals surface area (Å²) in [6.45, 7) is 4.47. The van der Waals surface area contributed by atoms with E-state index in [1.807, 2.05) is 24.3 Å². The molecule has 6 heteroatoms. The lowest BCUT2D eigenvalue weighted by Gasteiger charge is -2.30. The summed E-state index contributed by atoms with van der Waals surface area (Å²) in [6.07, 6.45) is 2.39. The van der Waals surface area contributed by atoms with Gasteiger partial charge in [-0.05, 0) is 42.3 Å². The fraction of sp³-hybridized carbons (Fsp3) is 0.467. The van der Waals surface area contributed by atoms with Crippen molar-refractivity contribution in [3.8, 4) is 11.5 Å². The van der Waals surface area contributed by atoms with Crippen molar-refractivity contribution in [1.82, 2.24) is 15.0 Å². The van der Waals surface area contributed by atoms with Gasteiger partial charge in [-0.2, -0.15) is 4.98 Å². The minimum absolute atomic E-state index is 0.555. The lowest BCUT2D eigenvalue weighted by Crippen LogP contribution is -2.38. The Morgan fingerprint density at radius 1 is 1.05 bits per heavy atom. The summed E-state index contributed by atoms with van der Waals surface area (Å²) in [5, 5.41) is 4.21. The molecule has 0 amide bonds. The monoisotopic (exact) mass is 348 g/mol. The highest BCUT2D eigenvalue weighted by Gasteiger charge is 2.31. The van der Waals surface area contributed by atoms with Gasteiger partial charge in [0.2, 0.25) is 0 Å². The van der Waals surface area contributed by atoms with E-state index in [0.717, 1.165) is 29.1 Å². The van der Waals surface area contributed by atoms with E-state index in [2.05, 4.69) is 35.9 Å². The molecule has 1 aromatic carbocycles. The Labute approximate surface area is 132 Å². The van der Waals surface area contributed by atoms with Gasteiger partial charge in [-0.15, -0.1) is 0 Å². The van der Waals surface area contributed by atoms with Gasteiger partial charge in [0.1, 0.15) is 0 Å². The van der Waals surface area contributed by atoms with E-state index >= 15 is 0 Å². The van der Waals surface area contributed by atoms with E-state index in [4.69, 9.17) is 4.52 Å². The second-order valence-electron chi connectivity index (χ2n) is 5.67. The summed E-state index contributed by atoms with van der Waals surface area (Å²) in [4.78, 5) is 9.44. The van der Waals surface area contributed by atoms with Gasteiger partial charge in [0.05, 0.1) is 0 Å². The van der Waals surface area contributed by atoms with Gasteiger partial charge >= 0.3 is 0 Å². The van der Waals surface area contributed by atoms with E-state index in [1.54, 1.807) is 0 Å². The average molecular weight is 349 g/mol. The predicted molar refractivity (Wildman–Crippen MR) is 84.2 cm³/mol. The van der Waals surface area contributed by atoms with E-state index in [9.17, 15) is 0 Å². The molecule has 5 rings (SSSR count). The van der Waals surface area contributed by atoms with E-state index in [1.165, 1.54) is 25.9 Å². The minimum Gasteiger partial charge on any atom is -0.334 e. The molecule has 3 saturated heterocycles. The smallest absolute Gasteiger partial charge is 0.266 e. The van der Waals surface area contributed by atoms with Crippen LogP contribution >= 0.6 is 15.9 Å². The molecule has 5 nitrogen and oxygen atoms in total. The molecule has 2 bridgehead atoms. The van der Waals surface area contributed by atoms with Crippen LogP contribution in [0.5, 0.6) is 0 Å². The number of piperidine rings is 1. The molecule has 3 fully saturated rings. The molecule has 0 saturated carbocycles. The first kappa shape index (κ1) is 13.3. The zero-order valence-corrected chi connectivity index (χ0v) is 13.3. The van der Waals surface area contributed by atoms with Crippen LogP contribution in [0.15, 0.2) is 33.3 Å². The fourth-order valence-corrected chi connectivity index (χ4v) is 3.46. The lowest BCUT2D eigenvalue weighted by molar-refractivity contribution is 0.250. The molecule has 2 aromatic rings. The van der Waals surface area contributed by atoms with Crippen molar-refractivity contribution in [2.24, 2.45) is 0 Å². The third kappa shape index (κ3) is 2.58. The van der Waals surface area contributed by atoms with Crippen LogP contribution < -0.4 is 4.90 Å². The standard InChI is InChI=1S/C15H17BrN4O/c16-12-3-1-11(2-4-12)14-17-15(18-21-14)20-10-9-19-7-5-13(20)6-8-19/h1-4,13H,5-10H2. The predicted octanol–water partition coefficient (Wildman–Crippen LogP) is 2.78. The van der Waals surface area contributed by atoms with Gasteiger partial charge in [0.15, 0.2) is 0 Å². The summed E-state index contributed by atoms with van der Waals surface area (Å²) in [6, 6.07) is 8.50. The molecule has 0 atom stereocenters. The number of nitrogens with zero attached hydrogens (tertiary/aromatic N) is 4. The minimum atomic E-state index is 0.555. The van der Waals surface area contributed by atoms with Crippen molar-refractivity contribution in [3.05, 3.63) is 28.7 Å². The van der Waals surface area contributed by atoms with Gasteiger partial charge in [0, 0.05) is 42.3 Å². The van der Waals surface area contributed by atoms with Gasteiger partial charge in [0.25, 0.3) is 11.8 Å². The zero-order valence-electron chi connectivity index (χ0n) is 11.7. The third-order valence-electron chi connectivity index (χ3n) is 4.42. The Balaban J connectivity index is 1.60. The molecule has 3 aliphatic rings. The van der Waals surface area contributed by atoms with Crippen LogP contribution in [0.3, 0.4) is 0 Å². The van der Waals surface area contributed by atoms with Crippen molar-refractivity contribution in [2.45, 2.75) is 18.9 Å². The second-order valence-corrected chi connectivity index (χ2v) is 6.59. The van der Waals surface area contributed by atoms with E-state index in [-0.39, 0.29) is 0 Å². The van der Waals surface area contributed by atoms with Crippen molar-refractivity contribution < 1.29 is 4.52 Å². The van der Waals surface area contributed by atoms with Crippen molar-refractivity contribution >= 4 is 21.9 Å². The quantitative estimate of drug-likeness (QED) is 0.834. The van der Waals surface area contributed by atoms with Crippen LogP contribution in [0.25, 0.3) is 11.5 Å². The Kier molecular flexibility index (Phi) is 3.43. The molecule has 1 aromatic heterocycles. The maximum Gasteiger partial charge on any atom is 0.266 e. The fourth-order valence-electron chi connectivity index (χ4n) is 3.19. The largest absolute Gasteiger partial charge is 0.334 e. The molecule has 110 valence electrons. The van der Waals surface area contributed by atoms with Crippen LogP contribution in [-0.4, -0.2) is 47.3 Å². The lowest BCUT2D eigenvalue weighted by atomic mass is 10.1. The normalized spacial score (nSPS) is 25.1. The number of hydrogen-bond donors (Lipinski definition) is 0. The number of rotatable bonds is 2. The highest BCUT2D eigenvalue weighted by atomic mass is 79.9. The molecule has 0 aliphatic carbocycles. The molecule has 0 radical (unpaired) electrons. The first-order valence-corrected chi connectivity index (χ1v) is 8.17. The topological polar surface area (TPSA) is 45.4 Å². The van der Waals surface area contributed by atoms with Crippen LogP contribution in [0.1, 0.15) is 12.8 Å². The SMILES string of the molecule is Brc1ccc(-c2nc(N3CCN4CCC3CC4)no2)cc1. The summed E-state index contributed by atoms with van der Waals surface area (Å²) in [7, 11) is 0. The zero-order chi connectivity index (χ0) is 14.2. The van der Waals surface area contributed by atoms with Crippen LogP contribution in [-0.2, 0) is 0 Å². The Bertz CT molecular complexity index is 619. The summed E-state index contributed by atoms with van der Waals surface area (Å²) < 4.78 is 6.51. The van der Waals surface area contributed by atoms with Crippen molar-refractivity contribution in [2.75, 3.05) is 31.1 Å². The molecule has 0 spiro atoms. The van der Waals surface area contributed by atoms with Gasteiger partial charge in [-0.25, -0.2) is 0 Å². The van der Waals surface area contributed by atoms with Crippen LogP contribution in [0.4, 0.5) is 5.95 Å². The maximum atomic E-state index is 5.46. The Morgan fingerprint density at radius 2 is 1.81 bits per heavy atom. The summed E-state index contributed by atoms with van der Waals surface area (Å²) >= 11 is 3.44. The molecular weight excluding hydrogens is 332 g/mol. The number of fused-ring (bicyclic) bond motifs is 4. The van der Waals surface area contributed by atoms with E-state index < -0.39 is 0 Å². The molecule has 21 heavy (non-hydrogen) atoms. The number of hydrogen-bond acceptors (Lipinski definition) is 5. The maximum absolute atomic E-state index is 5.46. The van der Waals surface area contributed by atoms with Crippen LogP contribution in [0, 0.1) is 0 Å². The van der Waals surface area contributed by atoms with E-state index in [0.29, 0.717) is 11.9 Å². The first-order chi connectivity index (χ1) is 10.3. The average Bonchev–Trinajstić information content (AvgIpc) is 2.81. The molecular formula is C15H17BrN4O. The number of benzene rings is 1. The highest BCUT2D eigenvalue weighted by Crippen LogP contribution is 2.27. The third-order valence-corrected chi connectivity index (χ3v) is 4.95. The highest BCUT2D eigenvalue weighted by molar-refractivity contribution is 9.10. The summed E-state index contributed by atoms with van der Waals surface area (Å²) in [5.74, 6) is 1.33. The molecule has 3 aliphatic heterocycles. The van der Waals surface area contributed by atoms with Crippen molar-refractivity contribution in [1.29, 1.82) is 0 Å². The van der Waals surface area contributed by atoms with Crippen LogP contribution in [0.2, 0.25) is 0 Å². The number of aromatic nitrogens is 2. The number of anilines is 1. The molecule has 0 unspecified atom stereocenters. The Morgan fingerprint density at radius 3 is 2.57 bits per heavy atom. The molecule has 0 N–H and O–H groups in total. The first-order valence-electron chi connectivity index (χ1n) is 7.38. The second kappa shape index (κ2) is 5.42. The van der Waals surface area contributed by atoms with Gasteiger partial charge in [-0.1, -0.05) is 15.9 Å². The molecule has 4 heterocycles. The van der Waals surface area contributed by atoms with Crippen molar-refractivity contribution in [3.63, 3.8) is 0 Å². The Hall–Kier alpha value is -1.40. The van der Waals surface area contributed by atoms with Gasteiger partial charge < -0.3 is 14.3 Å².